The van der Waals surface area contributed by atoms with Gasteiger partial charge in [-0.3, -0.25) is 0 Å². The molecule has 0 aromatic carbocycles. The Morgan fingerprint density at radius 2 is 2.32 bits per heavy atom. The highest BCUT2D eigenvalue weighted by Gasteiger charge is 2.35. The summed E-state index contributed by atoms with van der Waals surface area (Å²) in [6.45, 7) is 5.74. The Morgan fingerprint density at radius 3 is 3.00 bits per heavy atom. The Hall–Kier alpha value is -2.35. The highest BCUT2D eigenvalue weighted by Crippen LogP contribution is 2.43. The maximum absolute atomic E-state index is 12.1. The summed E-state index contributed by atoms with van der Waals surface area (Å²) in [5.41, 5.74) is 2.32. The van der Waals surface area contributed by atoms with Crippen LogP contribution >= 0.6 is 0 Å². The van der Waals surface area contributed by atoms with Crippen LogP contribution < -0.4 is 9.38 Å². The SMILES string of the molecule is C=C(c1c(OB(C)O)cnc2[nH]ccc12)C1CC(NS(=O)(=O)CCCC#N)C1. The van der Waals surface area contributed by atoms with Gasteiger partial charge in [0.1, 0.15) is 11.4 Å². The first-order valence-electron chi connectivity index (χ1n) is 9.17. The van der Waals surface area contributed by atoms with Gasteiger partial charge in [-0.15, -0.1) is 0 Å². The second-order valence-corrected chi connectivity index (χ2v) is 8.92. The highest BCUT2D eigenvalue weighted by atomic mass is 32.2. The lowest BCUT2D eigenvalue weighted by Crippen LogP contribution is -2.45. The smallest absolute Gasteiger partial charge is 0.519 e. The molecule has 8 nitrogen and oxygen atoms in total. The lowest BCUT2D eigenvalue weighted by molar-refractivity contribution is 0.310. The van der Waals surface area contributed by atoms with Gasteiger partial charge in [-0.05, 0) is 43.6 Å². The van der Waals surface area contributed by atoms with Gasteiger partial charge in [0.05, 0.1) is 18.0 Å². The largest absolute Gasteiger partial charge is 0.535 e. The Morgan fingerprint density at radius 1 is 1.57 bits per heavy atom. The minimum atomic E-state index is -3.38. The van der Waals surface area contributed by atoms with Gasteiger partial charge >= 0.3 is 7.12 Å². The number of rotatable bonds is 9. The second kappa shape index (κ2) is 8.35. The topological polar surface area (TPSA) is 128 Å². The molecule has 0 spiro atoms. The van der Waals surface area contributed by atoms with Gasteiger partial charge in [-0.2, -0.15) is 5.26 Å². The fraction of sp³-hybridized carbons (Fsp3) is 0.444. The van der Waals surface area contributed by atoms with Crippen LogP contribution in [0.5, 0.6) is 5.75 Å². The van der Waals surface area contributed by atoms with Crippen LogP contribution in [0.3, 0.4) is 0 Å². The van der Waals surface area contributed by atoms with Gasteiger partial charge in [0.2, 0.25) is 10.0 Å². The van der Waals surface area contributed by atoms with Crippen LogP contribution in [-0.2, 0) is 10.0 Å². The Kier molecular flexibility index (Phi) is 6.08. The molecule has 3 N–H and O–H groups in total. The zero-order chi connectivity index (χ0) is 20.3. The van der Waals surface area contributed by atoms with Crippen molar-refractivity contribution in [2.45, 2.75) is 38.5 Å². The van der Waals surface area contributed by atoms with Crippen molar-refractivity contribution >= 4 is 33.7 Å². The summed E-state index contributed by atoms with van der Waals surface area (Å²) in [6.07, 6.45) is 5.17. The third-order valence-corrected chi connectivity index (χ3v) is 6.37. The summed E-state index contributed by atoms with van der Waals surface area (Å²) < 4.78 is 32.3. The van der Waals surface area contributed by atoms with Crippen molar-refractivity contribution in [1.82, 2.24) is 14.7 Å². The monoisotopic (exact) mass is 402 g/mol. The van der Waals surface area contributed by atoms with Gasteiger partial charge in [0.15, 0.2) is 0 Å². The Labute approximate surface area is 164 Å². The molecule has 28 heavy (non-hydrogen) atoms. The third-order valence-electron chi connectivity index (χ3n) is 4.85. The zero-order valence-corrected chi connectivity index (χ0v) is 16.5. The van der Waals surface area contributed by atoms with Crippen molar-refractivity contribution in [3.8, 4) is 11.8 Å². The summed E-state index contributed by atoms with van der Waals surface area (Å²) in [5, 5.41) is 19.0. The van der Waals surface area contributed by atoms with Crippen LogP contribution in [0.1, 0.15) is 31.2 Å². The van der Waals surface area contributed by atoms with E-state index in [1.165, 1.54) is 6.82 Å². The predicted molar refractivity (Wildman–Crippen MR) is 108 cm³/mol. The van der Waals surface area contributed by atoms with Gasteiger partial charge in [0.25, 0.3) is 0 Å². The quantitative estimate of drug-likeness (QED) is 0.435. The number of hydrogen-bond donors (Lipinski definition) is 3. The number of aromatic amines is 1. The number of pyridine rings is 1. The molecule has 1 fully saturated rings. The van der Waals surface area contributed by atoms with E-state index in [1.54, 1.807) is 12.4 Å². The molecule has 0 atom stereocenters. The normalized spacial score (nSPS) is 19.0. The van der Waals surface area contributed by atoms with Gasteiger partial charge < -0.3 is 14.7 Å². The Bertz CT molecular complexity index is 1010. The molecule has 0 saturated heterocycles. The molecule has 0 bridgehead atoms. The molecule has 2 aromatic rings. The number of fused-ring (bicyclic) bond motifs is 1. The molecule has 1 aliphatic rings. The summed E-state index contributed by atoms with van der Waals surface area (Å²) in [6, 6.07) is 3.69. The molecule has 148 valence electrons. The first-order valence-corrected chi connectivity index (χ1v) is 10.8. The first-order chi connectivity index (χ1) is 13.3. The van der Waals surface area contributed by atoms with E-state index >= 15 is 0 Å². The van der Waals surface area contributed by atoms with E-state index in [9.17, 15) is 13.4 Å². The van der Waals surface area contributed by atoms with E-state index in [0.29, 0.717) is 30.7 Å². The summed E-state index contributed by atoms with van der Waals surface area (Å²) >= 11 is 0. The molecule has 2 aromatic heterocycles. The molecule has 0 radical (unpaired) electrons. The number of nitriles is 1. The number of aromatic nitrogens is 2. The molecule has 0 amide bonds. The molecule has 0 unspecified atom stereocenters. The zero-order valence-electron chi connectivity index (χ0n) is 15.7. The van der Waals surface area contributed by atoms with Gasteiger partial charge in [-0.1, -0.05) is 6.58 Å². The molecular weight excluding hydrogens is 379 g/mol. The van der Waals surface area contributed by atoms with Crippen LogP contribution in [-0.4, -0.2) is 42.3 Å². The van der Waals surface area contributed by atoms with E-state index in [-0.39, 0.29) is 24.1 Å². The van der Waals surface area contributed by atoms with E-state index in [0.717, 1.165) is 16.5 Å². The highest BCUT2D eigenvalue weighted by molar-refractivity contribution is 7.89. The van der Waals surface area contributed by atoms with E-state index in [1.807, 2.05) is 12.1 Å². The molecule has 1 saturated carbocycles. The maximum atomic E-state index is 12.1. The maximum Gasteiger partial charge on any atom is 0.519 e. The summed E-state index contributed by atoms with van der Waals surface area (Å²) in [4.78, 5) is 7.34. The number of sulfonamides is 1. The predicted octanol–water partition coefficient (Wildman–Crippen LogP) is 2.07. The molecule has 2 heterocycles. The minimum Gasteiger partial charge on any atom is -0.535 e. The van der Waals surface area contributed by atoms with E-state index < -0.39 is 17.1 Å². The van der Waals surface area contributed by atoms with Crippen molar-refractivity contribution in [3.05, 3.63) is 30.6 Å². The fourth-order valence-electron chi connectivity index (χ4n) is 3.45. The van der Waals surface area contributed by atoms with Gasteiger partial charge in [0, 0.05) is 29.6 Å². The average Bonchev–Trinajstić information content (AvgIpc) is 3.05. The lowest BCUT2D eigenvalue weighted by Gasteiger charge is -2.37. The molecule has 0 aliphatic heterocycles. The van der Waals surface area contributed by atoms with Crippen LogP contribution in [0.25, 0.3) is 16.6 Å². The van der Waals surface area contributed by atoms with Crippen molar-refractivity contribution in [1.29, 1.82) is 5.26 Å². The van der Waals surface area contributed by atoms with E-state index in [4.69, 9.17) is 9.92 Å². The fourth-order valence-corrected chi connectivity index (χ4v) is 4.79. The van der Waals surface area contributed by atoms with Crippen molar-refractivity contribution in [3.63, 3.8) is 0 Å². The van der Waals surface area contributed by atoms with Crippen LogP contribution in [0.4, 0.5) is 0 Å². The standard InChI is InChI=1S/C18H23BN4O4S/c1-12(13-9-14(10-13)23-28(25,26)8-4-3-6-20)17-15-5-7-21-18(15)22-11-16(17)27-19(2)24/h5,7,11,13-14,23-24H,1,3-4,8-10H2,2H3,(H,21,22). The number of nitrogens with one attached hydrogen (secondary N) is 2. The first kappa shape index (κ1) is 20.4. The molecule has 1 aliphatic carbocycles. The van der Waals surface area contributed by atoms with E-state index in [2.05, 4.69) is 21.3 Å². The van der Waals surface area contributed by atoms with Crippen molar-refractivity contribution in [2.24, 2.45) is 5.92 Å². The number of allylic oxidation sites excluding steroid dienone is 1. The molecular formula is C18H23BN4O4S. The van der Waals surface area contributed by atoms with Crippen LogP contribution in [0.2, 0.25) is 6.82 Å². The number of unbranched alkanes of at least 4 members (excludes halogenated alkanes) is 1. The summed E-state index contributed by atoms with van der Waals surface area (Å²) in [7, 11) is -4.37. The van der Waals surface area contributed by atoms with Crippen molar-refractivity contribution < 1.29 is 18.1 Å². The third kappa shape index (κ3) is 4.55. The number of hydrogen-bond acceptors (Lipinski definition) is 6. The van der Waals surface area contributed by atoms with Crippen LogP contribution in [0.15, 0.2) is 25.0 Å². The summed E-state index contributed by atoms with van der Waals surface area (Å²) in [5.74, 6) is 0.514. The average molecular weight is 402 g/mol. The Balaban J connectivity index is 1.69. The van der Waals surface area contributed by atoms with Gasteiger partial charge in [-0.25, -0.2) is 18.1 Å². The van der Waals surface area contributed by atoms with Crippen LogP contribution in [0, 0.1) is 17.2 Å². The van der Waals surface area contributed by atoms with Crippen molar-refractivity contribution in [2.75, 3.05) is 5.75 Å². The second-order valence-electron chi connectivity index (χ2n) is 7.04. The minimum absolute atomic E-state index is 0.0383. The number of nitrogens with zero attached hydrogens (tertiary/aromatic N) is 2. The molecule has 10 heteroatoms. The lowest BCUT2D eigenvalue weighted by atomic mass is 9.74. The molecule has 3 rings (SSSR count). The number of H-pyrrole nitrogens is 1.